The van der Waals surface area contributed by atoms with E-state index in [1.807, 2.05) is 13.8 Å². The van der Waals surface area contributed by atoms with Gasteiger partial charge in [-0.3, -0.25) is 4.72 Å². The third kappa shape index (κ3) is 4.00. The van der Waals surface area contributed by atoms with Crippen LogP contribution in [0.25, 0.3) is 0 Å². The van der Waals surface area contributed by atoms with E-state index in [2.05, 4.69) is 4.72 Å². The lowest BCUT2D eigenvalue weighted by atomic mass is 10.0. The lowest BCUT2D eigenvalue weighted by Crippen LogP contribution is -2.16. The van der Waals surface area contributed by atoms with Gasteiger partial charge in [-0.1, -0.05) is 26.0 Å². The number of anilines is 1. The molecular formula is C18H23NO4S. The molecule has 2 rings (SSSR count). The van der Waals surface area contributed by atoms with Crippen molar-refractivity contribution in [1.29, 1.82) is 0 Å². The maximum atomic E-state index is 12.8. The highest BCUT2D eigenvalue weighted by Crippen LogP contribution is 2.31. The van der Waals surface area contributed by atoms with Crippen LogP contribution in [-0.4, -0.2) is 20.6 Å². The first-order chi connectivity index (χ1) is 11.2. The van der Waals surface area contributed by atoms with Crippen LogP contribution in [-0.2, 0) is 16.4 Å². The molecule has 0 radical (unpaired) electrons. The van der Waals surface area contributed by atoms with Gasteiger partial charge in [0.05, 0.1) is 17.7 Å². The molecule has 2 N–H and O–H groups in total. The van der Waals surface area contributed by atoms with Gasteiger partial charge in [0.2, 0.25) is 0 Å². The standard InChI is InChI=1S/C18H23NO4S/c1-12(2)10-14-11-15(23-4)8-9-17(14)24(21,22)19-16-7-5-6-13(3)18(16)20/h5-9,11-12,19-20H,10H2,1-4H3. The summed E-state index contributed by atoms with van der Waals surface area (Å²) in [6.45, 7) is 5.76. The van der Waals surface area contributed by atoms with Crippen LogP contribution in [0.2, 0.25) is 0 Å². The Labute approximate surface area is 143 Å². The van der Waals surface area contributed by atoms with E-state index in [0.717, 1.165) is 0 Å². The molecule has 130 valence electrons. The SMILES string of the molecule is COc1ccc(S(=O)(=O)Nc2cccc(C)c2O)c(CC(C)C)c1. The third-order valence-corrected chi connectivity index (χ3v) is 5.13. The first-order valence-electron chi connectivity index (χ1n) is 7.73. The number of aryl methyl sites for hydroxylation is 1. The quantitative estimate of drug-likeness (QED) is 0.780. The molecule has 5 nitrogen and oxygen atoms in total. The summed E-state index contributed by atoms with van der Waals surface area (Å²) in [6.07, 6.45) is 0.604. The minimum absolute atomic E-state index is 0.0694. The van der Waals surface area contributed by atoms with Crippen molar-refractivity contribution in [3.8, 4) is 11.5 Å². The van der Waals surface area contributed by atoms with Gasteiger partial charge in [-0.05, 0) is 54.7 Å². The summed E-state index contributed by atoms with van der Waals surface area (Å²) in [5, 5.41) is 10.1. The van der Waals surface area contributed by atoms with Crippen molar-refractivity contribution in [2.75, 3.05) is 11.8 Å². The van der Waals surface area contributed by atoms with Crippen molar-refractivity contribution >= 4 is 15.7 Å². The Morgan fingerprint density at radius 2 is 1.92 bits per heavy atom. The zero-order valence-corrected chi connectivity index (χ0v) is 15.1. The van der Waals surface area contributed by atoms with Gasteiger partial charge >= 0.3 is 0 Å². The maximum Gasteiger partial charge on any atom is 0.262 e. The fourth-order valence-corrected chi connectivity index (χ4v) is 3.78. The molecule has 0 saturated heterocycles. The average molecular weight is 349 g/mol. The molecule has 0 aliphatic rings. The zero-order chi connectivity index (χ0) is 17.9. The normalized spacial score (nSPS) is 11.5. The van der Waals surface area contributed by atoms with Crippen LogP contribution >= 0.6 is 0 Å². The molecule has 24 heavy (non-hydrogen) atoms. The Hall–Kier alpha value is -2.21. The molecule has 0 heterocycles. The molecule has 0 saturated carbocycles. The lowest BCUT2D eigenvalue weighted by Gasteiger charge is -2.16. The molecule has 0 amide bonds. The van der Waals surface area contributed by atoms with Crippen LogP contribution in [0.1, 0.15) is 25.0 Å². The number of benzene rings is 2. The Bertz CT molecular complexity index is 829. The van der Waals surface area contributed by atoms with E-state index in [1.165, 1.54) is 12.1 Å². The molecular weight excluding hydrogens is 326 g/mol. The van der Waals surface area contributed by atoms with Gasteiger partial charge in [-0.2, -0.15) is 0 Å². The summed E-state index contributed by atoms with van der Waals surface area (Å²) in [5.74, 6) is 0.835. The highest BCUT2D eigenvalue weighted by molar-refractivity contribution is 7.92. The number of para-hydroxylation sites is 1. The largest absolute Gasteiger partial charge is 0.505 e. The van der Waals surface area contributed by atoms with Gasteiger partial charge in [0, 0.05) is 0 Å². The molecule has 0 aliphatic carbocycles. The van der Waals surface area contributed by atoms with Crippen molar-refractivity contribution in [3.63, 3.8) is 0 Å². The monoisotopic (exact) mass is 349 g/mol. The highest BCUT2D eigenvalue weighted by Gasteiger charge is 2.21. The van der Waals surface area contributed by atoms with Crippen LogP contribution < -0.4 is 9.46 Å². The van der Waals surface area contributed by atoms with Gasteiger partial charge in [-0.25, -0.2) is 8.42 Å². The molecule has 0 aliphatic heterocycles. The van der Waals surface area contributed by atoms with Gasteiger partial charge in [-0.15, -0.1) is 0 Å². The van der Waals surface area contributed by atoms with Crippen LogP contribution in [0.15, 0.2) is 41.3 Å². The fraction of sp³-hybridized carbons (Fsp3) is 0.333. The first-order valence-corrected chi connectivity index (χ1v) is 9.21. The number of ether oxygens (including phenoxy) is 1. The minimum Gasteiger partial charge on any atom is -0.505 e. The number of aromatic hydroxyl groups is 1. The fourth-order valence-electron chi connectivity index (χ4n) is 2.49. The second-order valence-electron chi connectivity index (χ2n) is 6.15. The molecule has 0 spiro atoms. The number of sulfonamides is 1. The molecule has 2 aromatic rings. The lowest BCUT2D eigenvalue weighted by molar-refractivity contribution is 0.413. The van der Waals surface area contributed by atoms with E-state index in [9.17, 15) is 13.5 Å². The Morgan fingerprint density at radius 1 is 1.21 bits per heavy atom. The summed E-state index contributed by atoms with van der Waals surface area (Å²) in [4.78, 5) is 0.193. The number of methoxy groups -OCH3 is 1. The third-order valence-electron chi connectivity index (χ3n) is 3.67. The minimum atomic E-state index is -3.82. The smallest absolute Gasteiger partial charge is 0.262 e. The van der Waals surface area contributed by atoms with Crippen molar-refractivity contribution in [2.24, 2.45) is 5.92 Å². The number of rotatable bonds is 6. The number of hydrogen-bond acceptors (Lipinski definition) is 4. The van der Waals surface area contributed by atoms with E-state index in [4.69, 9.17) is 4.74 Å². The maximum absolute atomic E-state index is 12.8. The van der Waals surface area contributed by atoms with Crippen molar-refractivity contribution in [2.45, 2.75) is 32.1 Å². The van der Waals surface area contributed by atoms with E-state index < -0.39 is 10.0 Å². The van der Waals surface area contributed by atoms with Crippen molar-refractivity contribution in [1.82, 2.24) is 0 Å². The van der Waals surface area contributed by atoms with Crippen molar-refractivity contribution < 1.29 is 18.3 Å². The molecule has 0 fully saturated rings. The first kappa shape index (κ1) is 18.1. The molecule has 6 heteroatoms. The average Bonchev–Trinajstić information content (AvgIpc) is 2.50. The summed E-state index contributed by atoms with van der Waals surface area (Å²) < 4.78 is 33.3. The zero-order valence-electron chi connectivity index (χ0n) is 14.3. The second kappa shape index (κ2) is 7.13. The van der Waals surface area contributed by atoms with Crippen LogP contribution in [0.3, 0.4) is 0 Å². The summed E-state index contributed by atoms with van der Waals surface area (Å²) >= 11 is 0. The molecule has 0 unspecified atom stereocenters. The second-order valence-corrected chi connectivity index (χ2v) is 7.80. The highest BCUT2D eigenvalue weighted by atomic mass is 32.2. The number of phenolic OH excluding ortho intramolecular Hbond substituents is 1. The predicted octanol–water partition coefficient (Wildman–Crippen LogP) is 3.71. The van der Waals surface area contributed by atoms with Gasteiger partial charge < -0.3 is 9.84 Å². The van der Waals surface area contributed by atoms with E-state index in [1.54, 1.807) is 38.3 Å². The Balaban J connectivity index is 2.46. The van der Waals surface area contributed by atoms with Crippen molar-refractivity contribution in [3.05, 3.63) is 47.5 Å². The summed E-state index contributed by atoms with van der Waals surface area (Å²) in [7, 11) is -2.27. The number of nitrogens with one attached hydrogen (secondary N) is 1. The molecule has 2 aromatic carbocycles. The Morgan fingerprint density at radius 3 is 2.54 bits per heavy atom. The summed E-state index contributed by atoms with van der Waals surface area (Å²) in [5.41, 5.74) is 1.46. The Kier molecular flexibility index (Phi) is 5.39. The molecule has 0 aromatic heterocycles. The van der Waals surface area contributed by atoms with Crippen LogP contribution in [0.5, 0.6) is 11.5 Å². The number of phenols is 1. The predicted molar refractivity (Wildman–Crippen MR) is 95.2 cm³/mol. The van der Waals surface area contributed by atoms with E-state index >= 15 is 0 Å². The molecule has 0 bridgehead atoms. The van der Waals surface area contributed by atoms with E-state index in [-0.39, 0.29) is 16.3 Å². The summed E-state index contributed by atoms with van der Waals surface area (Å²) in [6, 6.07) is 9.83. The van der Waals surface area contributed by atoms with Gasteiger partial charge in [0.25, 0.3) is 10.0 Å². The number of hydrogen-bond donors (Lipinski definition) is 2. The van der Waals surface area contributed by atoms with Gasteiger partial charge in [0.1, 0.15) is 11.5 Å². The van der Waals surface area contributed by atoms with Crippen LogP contribution in [0, 0.1) is 12.8 Å². The van der Waals surface area contributed by atoms with Gasteiger partial charge in [0.15, 0.2) is 0 Å². The van der Waals surface area contributed by atoms with E-state index in [0.29, 0.717) is 29.2 Å². The topological polar surface area (TPSA) is 75.6 Å². The van der Waals surface area contributed by atoms with Crippen LogP contribution in [0.4, 0.5) is 5.69 Å². The molecule has 0 atom stereocenters.